The van der Waals surface area contributed by atoms with Gasteiger partial charge >= 0.3 is 0 Å². The van der Waals surface area contributed by atoms with Crippen molar-refractivity contribution in [3.8, 4) is 5.88 Å². The van der Waals surface area contributed by atoms with E-state index in [0.717, 1.165) is 6.07 Å². The highest BCUT2D eigenvalue weighted by atomic mass is 35.5. The molecule has 0 atom stereocenters. The normalized spacial score (nSPS) is 11.1. The number of methoxy groups -OCH3 is 1. The summed E-state index contributed by atoms with van der Waals surface area (Å²) in [7, 11) is -2.68. The topological polar surface area (TPSA) is 111 Å². The zero-order valence-corrected chi connectivity index (χ0v) is 12.8. The van der Waals surface area contributed by atoms with Gasteiger partial charge in [-0.2, -0.15) is 0 Å². The molecule has 0 radical (unpaired) electrons. The summed E-state index contributed by atoms with van der Waals surface area (Å²) in [5, 5.41) is 10.7. The maximum absolute atomic E-state index is 12.2. The Balaban J connectivity index is 2.39. The quantitative estimate of drug-likeness (QED) is 0.655. The van der Waals surface area contributed by atoms with E-state index < -0.39 is 20.6 Å². The predicted octanol–water partition coefficient (Wildman–Crippen LogP) is 2.51. The Kier molecular flexibility index (Phi) is 4.30. The molecule has 0 aromatic carbocycles. The predicted molar refractivity (Wildman–Crippen MR) is 77.6 cm³/mol. The highest BCUT2D eigenvalue weighted by Crippen LogP contribution is 2.37. The lowest BCUT2D eigenvalue weighted by atomic mass is 10.4. The average Bonchev–Trinajstić information content (AvgIpc) is 2.82. The minimum absolute atomic E-state index is 0.0817. The molecule has 2 heterocycles. The van der Waals surface area contributed by atoms with E-state index in [9.17, 15) is 18.5 Å². The van der Waals surface area contributed by atoms with Gasteiger partial charge in [-0.15, -0.1) is 11.3 Å². The molecule has 0 fully saturated rings. The van der Waals surface area contributed by atoms with Crippen LogP contribution in [-0.4, -0.2) is 25.4 Å². The number of ether oxygens (including phenoxy) is 1. The molecule has 0 aliphatic heterocycles. The van der Waals surface area contributed by atoms with Gasteiger partial charge in [0.15, 0.2) is 4.34 Å². The molecule has 21 heavy (non-hydrogen) atoms. The molecule has 1 N–H and O–H groups in total. The molecule has 0 aliphatic rings. The molecule has 0 bridgehead atoms. The molecule has 2 rings (SSSR count). The molecule has 0 spiro atoms. The Morgan fingerprint density at radius 1 is 1.52 bits per heavy atom. The number of pyridine rings is 1. The van der Waals surface area contributed by atoms with Gasteiger partial charge in [0.05, 0.1) is 12.0 Å². The van der Waals surface area contributed by atoms with Crippen LogP contribution in [0.3, 0.4) is 0 Å². The van der Waals surface area contributed by atoms with Crippen LogP contribution in [0.2, 0.25) is 4.34 Å². The highest BCUT2D eigenvalue weighted by Gasteiger charge is 2.26. The summed E-state index contributed by atoms with van der Waals surface area (Å²) in [4.78, 5) is 13.8. The lowest BCUT2D eigenvalue weighted by molar-refractivity contribution is -0.384. The van der Waals surface area contributed by atoms with Crippen LogP contribution in [0.25, 0.3) is 0 Å². The minimum Gasteiger partial charge on any atom is -0.480 e. The zero-order valence-electron chi connectivity index (χ0n) is 10.4. The molecule has 11 heteroatoms. The van der Waals surface area contributed by atoms with E-state index in [-0.39, 0.29) is 20.1 Å². The number of hydrogen-bond acceptors (Lipinski definition) is 7. The van der Waals surface area contributed by atoms with Crippen LogP contribution in [-0.2, 0) is 10.0 Å². The van der Waals surface area contributed by atoms with Crippen molar-refractivity contribution >= 4 is 44.3 Å². The number of anilines is 1. The summed E-state index contributed by atoms with van der Waals surface area (Å²) >= 11 is 6.25. The largest absolute Gasteiger partial charge is 0.480 e. The van der Waals surface area contributed by atoms with Crippen molar-refractivity contribution in [3.05, 3.63) is 38.8 Å². The molecule has 0 saturated heterocycles. The third-order valence-corrected chi connectivity index (χ3v) is 5.49. The molecule has 8 nitrogen and oxygen atoms in total. The number of nitro groups is 1. The molecule has 2 aromatic heterocycles. The summed E-state index contributed by atoms with van der Waals surface area (Å²) in [5.74, 6) is 0.0817. The van der Waals surface area contributed by atoms with Gasteiger partial charge in [0.1, 0.15) is 9.90 Å². The monoisotopic (exact) mass is 349 g/mol. The molecule has 0 aliphatic carbocycles. The second-order valence-corrected chi connectivity index (χ2v) is 7.21. The number of nitrogens with one attached hydrogen (secondary N) is 1. The standard InChI is InChI=1S/C10H8ClN3O5S2/c1-19-10-6(3-2-4-12-10)13-21(17,18)8-5-7(14(15)16)9(11)20-8/h2-5,13H,1H3. The molecule has 0 amide bonds. The summed E-state index contributed by atoms with van der Waals surface area (Å²) in [6.07, 6.45) is 1.43. The Labute approximate surface area is 128 Å². The van der Waals surface area contributed by atoms with E-state index in [2.05, 4.69) is 9.71 Å². The van der Waals surface area contributed by atoms with Crippen molar-refractivity contribution in [3.63, 3.8) is 0 Å². The number of sulfonamides is 1. The Bertz CT molecular complexity index is 790. The van der Waals surface area contributed by atoms with Crippen LogP contribution >= 0.6 is 22.9 Å². The van der Waals surface area contributed by atoms with Crippen LogP contribution in [0.1, 0.15) is 0 Å². The number of aromatic nitrogens is 1. The Morgan fingerprint density at radius 3 is 2.81 bits per heavy atom. The second-order valence-electron chi connectivity index (χ2n) is 3.65. The number of rotatable bonds is 5. The van der Waals surface area contributed by atoms with Gasteiger partial charge in [0.2, 0.25) is 5.88 Å². The van der Waals surface area contributed by atoms with E-state index in [1.165, 1.54) is 25.4 Å². The van der Waals surface area contributed by atoms with Crippen molar-refractivity contribution in [2.75, 3.05) is 11.8 Å². The third-order valence-electron chi connectivity index (χ3n) is 2.32. The fourth-order valence-electron chi connectivity index (χ4n) is 1.42. The van der Waals surface area contributed by atoms with Crippen LogP contribution < -0.4 is 9.46 Å². The number of thiophene rings is 1. The lowest BCUT2D eigenvalue weighted by Crippen LogP contribution is -2.12. The average molecular weight is 350 g/mol. The third kappa shape index (κ3) is 3.23. The fraction of sp³-hybridized carbons (Fsp3) is 0.100. The summed E-state index contributed by atoms with van der Waals surface area (Å²) in [5.41, 5.74) is -0.340. The van der Waals surface area contributed by atoms with Crippen molar-refractivity contribution < 1.29 is 18.1 Å². The van der Waals surface area contributed by atoms with E-state index in [1.54, 1.807) is 0 Å². The number of hydrogen-bond donors (Lipinski definition) is 1. The maximum atomic E-state index is 12.2. The van der Waals surface area contributed by atoms with Crippen LogP contribution in [0.5, 0.6) is 5.88 Å². The molecule has 112 valence electrons. The Morgan fingerprint density at radius 2 is 2.24 bits per heavy atom. The molecule has 2 aromatic rings. The lowest BCUT2D eigenvalue weighted by Gasteiger charge is -2.08. The van der Waals surface area contributed by atoms with Gasteiger partial charge in [-0.25, -0.2) is 13.4 Å². The van der Waals surface area contributed by atoms with Gasteiger partial charge in [-0.1, -0.05) is 11.6 Å². The first kappa shape index (κ1) is 15.5. The van der Waals surface area contributed by atoms with E-state index >= 15 is 0 Å². The first-order chi connectivity index (χ1) is 9.85. The smallest absolute Gasteiger partial charge is 0.300 e. The fourth-order valence-corrected chi connectivity index (χ4v) is 4.14. The van der Waals surface area contributed by atoms with Crippen molar-refractivity contribution in [1.82, 2.24) is 4.98 Å². The van der Waals surface area contributed by atoms with Gasteiger partial charge < -0.3 is 4.74 Å². The maximum Gasteiger partial charge on any atom is 0.300 e. The molecule has 0 saturated carbocycles. The van der Waals surface area contributed by atoms with E-state index in [4.69, 9.17) is 16.3 Å². The van der Waals surface area contributed by atoms with Crippen LogP contribution in [0.15, 0.2) is 28.6 Å². The SMILES string of the molecule is COc1ncccc1NS(=O)(=O)c1cc([N+](=O)[O-])c(Cl)s1. The number of nitrogens with zero attached hydrogens (tertiary/aromatic N) is 2. The van der Waals surface area contributed by atoms with E-state index in [0.29, 0.717) is 11.3 Å². The van der Waals surface area contributed by atoms with Gasteiger partial charge in [-0.05, 0) is 12.1 Å². The summed E-state index contributed by atoms with van der Waals surface area (Å²) < 4.78 is 31.1. The Hall–Kier alpha value is -1.91. The summed E-state index contributed by atoms with van der Waals surface area (Å²) in [6, 6.07) is 3.87. The minimum atomic E-state index is -4.02. The van der Waals surface area contributed by atoms with Crippen molar-refractivity contribution in [2.24, 2.45) is 0 Å². The van der Waals surface area contributed by atoms with E-state index in [1.807, 2.05) is 0 Å². The second kappa shape index (κ2) is 5.84. The van der Waals surface area contributed by atoms with Gasteiger partial charge in [0.25, 0.3) is 15.7 Å². The number of halogens is 1. The zero-order chi connectivity index (χ0) is 15.6. The molecular weight excluding hydrogens is 342 g/mol. The first-order valence-electron chi connectivity index (χ1n) is 5.30. The van der Waals surface area contributed by atoms with Crippen LogP contribution in [0, 0.1) is 10.1 Å². The van der Waals surface area contributed by atoms with Gasteiger partial charge in [0, 0.05) is 12.3 Å². The molecular formula is C10H8ClN3O5S2. The molecule has 0 unspecified atom stereocenters. The van der Waals surface area contributed by atoms with Crippen LogP contribution in [0.4, 0.5) is 11.4 Å². The van der Waals surface area contributed by atoms with Crippen molar-refractivity contribution in [2.45, 2.75) is 4.21 Å². The summed E-state index contributed by atoms with van der Waals surface area (Å²) in [6.45, 7) is 0. The highest BCUT2D eigenvalue weighted by molar-refractivity contribution is 7.94. The van der Waals surface area contributed by atoms with Crippen molar-refractivity contribution in [1.29, 1.82) is 0 Å². The van der Waals surface area contributed by atoms with Gasteiger partial charge in [-0.3, -0.25) is 14.8 Å². The first-order valence-corrected chi connectivity index (χ1v) is 7.98.